The molecule has 1 heterocycles. The number of fused-ring (bicyclic) bond motifs is 4. The summed E-state index contributed by atoms with van der Waals surface area (Å²) in [7, 11) is -0.937. The fourth-order valence-corrected chi connectivity index (χ4v) is 6.34. The summed E-state index contributed by atoms with van der Waals surface area (Å²) in [6, 6.07) is 29.7. The Hall–Kier alpha value is -2.15. The first-order chi connectivity index (χ1) is 12.3. The van der Waals surface area contributed by atoms with E-state index in [1.165, 1.54) is 32.5 Å². The predicted octanol–water partition coefficient (Wildman–Crippen LogP) is 6.01. The van der Waals surface area contributed by atoms with Gasteiger partial charge in [0.15, 0.2) is 8.15 Å². The van der Waals surface area contributed by atoms with Crippen LogP contribution in [0.15, 0.2) is 89.4 Å². The summed E-state index contributed by atoms with van der Waals surface area (Å²) in [6.45, 7) is 0. The molecule has 0 N–H and O–H groups in total. The Kier molecular flexibility index (Phi) is 3.62. The number of rotatable bonds is 1. The van der Waals surface area contributed by atoms with Gasteiger partial charge in [-0.05, 0) is 44.4 Å². The van der Waals surface area contributed by atoms with Crippen LogP contribution in [0.1, 0.15) is 0 Å². The molecule has 0 fully saturated rings. The fraction of sp³-hybridized carbons (Fsp3) is 0. The normalized spacial score (nSPS) is 15.3. The summed E-state index contributed by atoms with van der Waals surface area (Å²) in [5, 5.41) is 5.00. The molecule has 0 saturated heterocycles. The van der Waals surface area contributed by atoms with Crippen molar-refractivity contribution < 1.29 is 4.52 Å². The zero-order valence-corrected chi connectivity index (χ0v) is 15.8. The van der Waals surface area contributed by atoms with Crippen molar-refractivity contribution in [3.05, 3.63) is 89.4 Å². The van der Waals surface area contributed by atoms with Gasteiger partial charge < -0.3 is 4.52 Å². The molecule has 4 aromatic carbocycles. The molecule has 1 aliphatic rings. The second kappa shape index (κ2) is 5.98. The molecule has 4 aromatic rings. The van der Waals surface area contributed by atoms with Crippen molar-refractivity contribution in [1.29, 1.82) is 0 Å². The Morgan fingerprint density at radius 3 is 2.32 bits per heavy atom. The molecule has 3 heteroatoms. The van der Waals surface area contributed by atoms with E-state index in [0.29, 0.717) is 0 Å². The average Bonchev–Trinajstić information content (AvgIpc) is 2.67. The highest BCUT2D eigenvalue weighted by Crippen LogP contribution is 2.50. The van der Waals surface area contributed by atoms with Crippen LogP contribution in [-0.4, -0.2) is 0 Å². The Bertz CT molecular complexity index is 1110. The molecule has 1 nitrogen and oxygen atoms in total. The van der Waals surface area contributed by atoms with Crippen LogP contribution in [0.4, 0.5) is 0 Å². The molecule has 0 spiro atoms. The Morgan fingerprint density at radius 1 is 0.680 bits per heavy atom. The van der Waals surface area contributed by atoms with Crippen molar-refractivity contribution in [3.63, 3.8) is 0 Å². The van der Waals surface area contributed by atoms with Crippen molar-refractivity contribution in [2.24, 2.45) is 0 Å². The summed E-state index contributed by atoms with van der Waals surface area (Å²) in [5.74, 6) is 0.965. The smallest absolute Gasteiger partial charge is 0.153 e. The van der Waals surface area contributed by atoms with E-state index in [-0.39, 0.29) is 0 Å². The monoisotopic (exact) mass is 404 g/mol. The molecule has 0 saturated carbocycles. The second-order valence-electron chi connectivity index (χ2n) is 6.02. The van der Waals surface area contributed by atoms with Crippen LogP contribution in [0.2, 0.25) is 0 Å². The topological polar surface area (TPSA) is 9.23 Å². The number of hydrogen-bond donors (Lipinski definition) is 0. The first-order valence-corrected chi connectivity index (χ1v) is 10.2. The molecule has 0 aromatic heterocycles. The van der Waals surface area contributed by atoms with Gasteiger partial charge in [0.2, 0.25) is 0 Å². The number of benzene rings is 4. The molecule has 0 bridgehead atoms. The molecule has 0 radical (unpaired) electrons. The van der Waals surface area contributed by atoms with Crippen LogP contribution in [-0.2, 0) is 0 Å². The van der Waals surface area contributed by atoms with Gasteiger partial charge in [0.25, 0.3) is 0 Å². The maximum atomic E-state index is 6.57. The molecule has 5 rings (SSSR count). The van der Waals surface area contributed by atoms with E-state index < -0.39 is 8.15 Å². The van der Waals surface area contributed by atoms with Gasteiger partial charge in [-0.1, -0.05) is 72.8 Å². The highest BCUT2D eigenvalue weighted by atomic mass is 79.9. The minimum Gasteiger partial charge on any atom is -0.464 e. The summed E-state index contributed by atoms with van der Waals surface area (Å²) in [5.41, 5.74) is 2.45. The molecule has 1 atom stereocenters. The van der Waals surface area contributed by atoms with Crippen molar-refractivity contribution in [1.82, 2.24) is 0 Å². The van der Waals surface area contributed by atoms with Gasteiger partial charge >= 0.3 is 0 Å². The lowest BCUT2D eigenvalue weighted by atomic mass is 10.0. The summed E-state index contributed by atoms with van der Waals surface area (Å²) in [6.07, 6.45) is 0. The van der Waals surface area contributed by atoms with Crippen molar-refractivity contribution in [2.75, 3.05) is 0 Å². The number of halogens is 1. The van der Waals surface area contributed by atoms with E-state index in [0.717, 1.165) is 10.2 Å². The van der Waals surface area contributed by atoms with E-state index in [2.05, 4.69) is 94.8 Å². The second-order valence-corrected chi connectivity index (χ2v) is 8.57. The summed E-state index contributed by atoms with van der Waals surface area (Å²) in [4.78, 5) is 0. The fourth-order valence-electron chi connectivity index (χ4n) is 3.40. The summed E-state index contributed by atoms with van der Waals surface area (Å²) >= 11 is 3.78. The Labute approximate surface area is 156 Å². The van der Waals surface area contributed by atoms with E-state index in [4.69, 9.17) is 4.52 Å². The lowest BCUT2D eigenvalue weighted by Gasteiger charge is -2.29. The third-order valence-electron chi connectivity index (χ3n) is 4.54. The van der Waals surface area contributed by atoms with Gasteiger partial charge in [-0.15, -0.1) is 0 Å². The van der Waals surface area contributed by atoms with Crippen LogP contribution >= 0.6 is 24.1 Å². The van der Waals surface area contributed by atoms with Gasteiger partial charge in [-0.25, -0.2) is 0 Å². The van der Waals surface area contributed by atoms with Crippen molar-refractivity contribution >= 4 is 45.5 Å². The number of hydrogen-bond acceptors (Lipinski definition) is 1. The highest BCUT2D eigenvalue weighted by molar-refractivity contribution is 9.10. The molecule has 0 amide bonds. The van der Waals surface area contributed by atoms with Crippen molar-refractivity contribution in [2.45, 2.75) is 0 Å². The molecular weight excluding hydrogens is 391 g/mol. The van der Waals surface area contributed by atoms with Gasteiger partial charge in [-0.2, -0.15) is 0 Å². The molecule has 0 aliphatic carbocycles. The lowest BCUT2D eigenvalue weighted by Crippen LogP contribution is -2.22. The Morgan fingerprint density at radius 2 is 1.40 bits per heavy atom. The van der Waals surface area contributed by atoms with Crippen LogP contribution in [0.25, 0.3) is 21.9 Å². The van der Waals surface area contributed by atoms with Gasteiger partial charge in [-0.3, -0.25) is 0 Å². The van der Waals surface area contributed by atoms with E-state index in [9.17, 15) is 0 Å². The minimum absolute atomic E-state index is 0.937. The van der Waals surface area contributed by atoms with Gasteiger partial charge in [0, 0.05) is 20.6 Å². The lowest BCUT2D eigenvalue weighted by molar-refractivity contribution is 0.629. The standard InChI is InChI=1S/C22H14BrOP/c23-19-14-13-15-7-1-2-8-16(15)22(19)25-21-12-6-4-10-18(21)17-9-3-5-11-20(17)24-25/h1-14H. The van der Waals surface area contributed by atoms with Crippen LogP contribution in [0.5, 0.6) is 5.75 Å². The third kappa shape index (κ3) is 2.40. The predicted molar refractivity (Wildman–Crippen MR) is 110 cm³/mol. The molecular formula is C22H14BrOP. The van der Waals surface area contributed by atoms with E-state index >= 15 is 0 Å². The average molecular weight is 405 g/mol. The SMILES string of the molecule is Brc1ccc2ccccc2c1P1Oc2ccccc2-c2ccccc21. The van der Waals surface area contributed by atoms with Gasteiger partial charge in [0.1, 0.15) is 5.75 Å². The maximum Gasteiger partial charge on any atom is 0.153 e. The highest BCUT2D eigenvalue weighted by Gasteiger charge is 2.30. The minimum atomic E-state index is -0.937. The van der Waals surface area contributed by atoms with Gasteiger partial charge in [0.05, 0.1) is 0 Å². The molecule has 120 valence electrons. The largest absolute Gasteiger partial charge is 0.464 e. The maximum absolute atomic E-state index is 6.57. The molecule has 25 heavy (non-hydrogen) atoms. The van der Waals surface area contributed by atoms with Crippen LogP contribution < -0.4 is 15.1 Å². The molecule has 1 aliphatic heterocycles. The zero-order chi connectivity index (χ0) is 16.8. The van der Waals surface area contributed by atoms with Crippen LogP contribution in [0, 0.1) is 0 Å². The molecule has 1 unspecified atom stereocenters. The van der Waals surface area contributed by atoms with E-state index in [1.807, 2.05) is 6.07 Å². The van der Waals surface area contributed by atoms with Crippen molar-refractivity contribution in [3.8, 4) is 16.9 Å². The third-order valence-corrected chi connectivity index (χ3v) is 7.61. The first kappa shape index (κ1) is 15.1. The summed E-state index contributed by atoms with van der Waals surface area (Å²) < 4.78 is 7.67. The van der Waals surface area contributed by atoms with E-state index in [1.54, 1.807) is 0 Å². The zero-order valence-electron chi connectivity index (χ0n) is 13.3. The Balaban J connectivity index is 1.81. The van der Waals surface area contributed by atoms with Crippen LogP contribution in [0.3, 0.4) is 0 Å². The first-order valence-electron chi connectivity index (χ1n) is 8.17. The quantitative estimate of drug-likeness (QED) is 0.353. The number of para-hydroxylation sites is 1.